The molecule has 3 aromatic rings. The lowest BCUT2D eigenvalue weighted by molar-refractivity contribution is 0.102. The molecule has 0 atom stereocenters. The van der Waals surface area contributed by atoms with Gasteiger partial charge in [0.05, 0.1) is 16.2 Å². The summed E-state index contributed by atoms with van der Waals surface area (Å²) < 4.78 is 37.4. The smallest absolute Gasteiger partial charge is 0.276 e. The predicted molar refractivity (Wildman–Crippen MR) is 117 cm³/mol. The topological polar surface area (TPSA) is 87.6 Å². The molecule has 6 nitrogen and oxygen atoms in total. The first-order valence-corrected chi connectivity index (χ1v) is 11.3. The van der Waals surface area contributed by atoms with Crippen molar-refractivity contribution in [3.8, 4) is 0 Å². The number of aryl methyl sites for hydroxylation is 1. The van der Waals surface area contributed by atoms with Crippen LogP contribution in [0.4, 0.5) is 10.1 Å². The molecule has 0 radical (unpaired) electrons. The van der Waals surface area contributed by atoms with Crippen LogP contribution < -0.4 is 10.1 Å². The molecule has 0 bridgehead atoms. The van der Waals surface area contributed by atoms with Gasteiger partial charge >= 0.3 is 0 Å². The third kappa shape index (κ3) is 4.92. The van der Waals surface area contributed by atoms with Crippen LogP contribution >= 0.6 is 11.3 Å². The molecule has 0 unspecified atom stereocenters. The lowest BCUT2D eigenvalue weighted by Gasteiger charge is -2.08. The summed E-state index contributed by atoms with van der Waals surface area (Å²) in [6.45, 7) is 5.53. The maximum atomic E-state index is 13.0. The van der Waals surface area contributed by atoms with Gasteiger partial charge in [0.2, 0.25) is 0 Å². The summed E-state index contributed by atoms with van der Waals surface area (Å²) in [4.78, 5) is 15.6. The summed E-state index contributed by atoms with van der Waals surface area (Å²) in [5, 5.41) is 8.59. The van der Waals surface area contributed by atoms with E-state index in [0.717, 1.165) is 34.7 Å². The Hall–Kier alpha value is -3.04. The van der Waals surface area contributed by atoms with Gasteiger partial charge in [-0.2, -0.15) is 18.4 Å². The van der Waals surface area contributed by atoms with Crippen LogP contribution in [0.3, 0.4) is 0 Å². The van der Waals surface area contributed by atoms with E-state index in [4.69, 9.17) is 0 Å². The van der Waals surface area contributed by atoms with E-state index in [2.05, 4.69) is 15.2 Å². The van der Waals surface area contributed by atoms with Crippen LogP contribution in [0.15, 0.2) is 63.9 Å². The molecule has 1 aromatic heterocycles. The van der Waals surface area contributed by atoms with E-state index < -0.39 is 15.8 Å². The summed E-state index contributed by atoms with van der Waals surface area (Å²) in [6.07, 6.45) is 0. The Kier molecular flexibility index (Phi) is 6.33. The van der Waals surface area contributed by atoms with Crippen LogP contribution in [0.1, 0.15) is 33.3 Å². The van der Waals surface area contributed by atoms with Crippen LogP contribution in [0.2, 0.25) is 0 Å². The zero-order chi connectivity index (χ0) is 21.9. The molecule has 1 heterocycles. The molecular formula is C21H20FN3O3S2. The van der Waals surface area contributed by atoms with Crippen molar-refractivity contribution in [2.45, 2.75) is 25.7 Å². The maximum absolute atomic E-state index is 13.0. The highest BCUT2D eigenvalue weighted by Crippen LogP contribution is 2.22. The molecule has 0 aliphatic carbocycles. The number of carbonyl (C=O) groups excluding carboxylic acids is 1. The first-order valence-electron chi connectivity index (χ1n) is 8.95. The van der Waals surface area contributed by atoms with Crippen molar-refractivity contribution in [1.29, 1.82) is 0 Å². The molecule has 0 saturated carbocycles. The largest absolute Gasteiger partial charge is 0.322 e. The van der Waals surface area contributed by atoms with E-state index in [9.17, 15) is 17.6 Å². The van der Waals surface area contributed by atoms with Gasteiger partial charge in [-0.15, -0.1) is 11.3 Å². The molecule has 2 aromatic carbocycles. The Bertz CT molecular complexity index is 1200. The fraction of sp³-hybridized carbons (Fsp3) is 0.143. The second kappa shape index (κ2) is 8.76. The third-order valence-electron chi connectivity index (χ3n) is 4.55. The molecule has 30 heavy (non-hydrogen) atoms. The minimum atomic E-state index is -3.90. The van der Waals surface area contributed by atoms with Crippen molar-refractivity contribution in [2.75, 3.05) is 5.32 Å². The molecule has 3 rings (SSSR count). The number of nitrogens with zero attached hydrogens (tertiary/aromatic N) is 1. The molecule has 2 N–H and O–H groups in total. The number of thiophene rings is 1. The summed E-state index contributed by atoms with van der Waals surface area (Å²) in [6, 6.07) is 11.4. The zero-order valence-corrected chi connectivity index (χ0v) is 18.2. The number of hydrogen-bond donors (Lipinski definition) is 2. The van der Waals surface area contributed by atoms with Gasteiger partial charge in [-0.05, 0) is 68.3 Å². The maximum Gasteiger partial charge on any atom is 0.276 e. The summed E-state index contributed by atoms with van der Waals surface area (Å²) in [7, 11) is -3.90. The van der Waals surface area contributed by atoms with E-state index in [-0.39, 0.29) is 10.8 Å². The van der Waals surface area contributed by atoms with Crippen molar-refractivity contribution in [2.24, 2.45) is 5.10 Å². The van der Waals surface area contributed by atoms with Gasteiger partial charge in [0.1, 0.15) is 5.82 Å². The molecule has 0 aliphatic heterocycles. The average molecular weight is 446 g/mol. The number of carbonyl (C=O) groups is 1. The van der Waals surface area contributed by atoms with Gasteiger partial charge in [-0.25, -0.2) is 4.39 Å². The Morgan fingerprint density at radius 3 is 2.23 bits per heavy atom. The monoisotopic (exact) mass is 445 g/mol. The SMILES string of the molecule is C/C(=N/NS(=O)(=O)c1ccc(F)cc1)c1ccc(NC(=O)c2csc(C)c2C)cc1. The minimum Gasteiger partial charge on any atom is -0.322 e. The molecule has 0 fully saturated rings. The van der Waals surface area contributed by atoms with Crippen molar-refractivity contribution < 1.29 is 17.6 Å². The Labute approximate surface area is 178 Å². The minimum absolute atomic E-state index is 0.0857. The highest BCUT2D eigenvalue weighted by molar-refractivity contribution is 7.89. The highest BCUT2D eigenvalue weighted by Gasteiger charge is 2.14. The molecule has 0 aliphatic rings. The first kappa shape index (κ1) is 21.7. The molecular weight excluding hydrogens is 425 g/mol. The normalized spacial score (nSPS) is 11.9. The highest BCUT2D eigenvalue weighted by atomic mass is 32.2. The molecule has 1 amide bonds. The number of hydrogen-bond acceptors (Lipinski definition) is 5. The van der Waals surface area contributed by atoms with Crippen LogP contribution in [-0.4, -0.2) is 20.0 Å². The Morgan fingerprint density at radius 2 is 1.67 bits per heavy atom. The number of benzene rings is 2. The second-order valence-electron chi connectivity index (χ2n) is 6.61. The molecule has 9 heteroatoms. The van der Waals surface area contributed by atoms with E-state index in [1.54, 1.807) is 31.2 Å². The zero-order valence-electron chi connectivity index (χ0n) is 16.6. The number of nitrogens with one attached hydrogen (secondary N) is 2. The number of hydrazone groups is 1. The average Bonchev–Trinajstić information content (AvgIpc) is 3.06. The summed E-state index contributed by atoms with van der Waals surface area (Å²) in [5.74, 6) is -0.702. The Morgan fingerprint density at radius 1 is 1.03 bits per heavy atom. The fourth-order valence-electron chi connectivity index (χ4n) is 2.59. The molecule has 0 spiro atoms. The van der Waals surface area contributed by atoms with E-state index in [1.807, 2.05) is 19.2 Å². The molecule has 0 saturated heterocycles. The van der Waals surface area contributed by atoms with Gasteiger partial charge in [-0.1, -0.05) is 12.1 Å². The number of anilines is 1. The van der Waals surface area contributed by atoms with E-state index >= 15 is 0 Å². The van der Waals surface area contributed by atoms with Crippen molar-refractivity contribution in [3.63, 3.8) is 0 Å². The standard InChI is InChI=1S/C21H20FN3O3S2/c1-13-15(3)29-12-20(13)21(26)23-18-8-4-16(5-9-18)14(2)24-25-30(27,28)19-10-6-17(22)7-11-19/h4-12,25H,1-3H3,(H,23,26)/b24-14-. The lowest BCUT2D eigenvalue weighted by Crippen LogP contribution is -2.20. The van der Waals surface area contributed by atoms with E-state index in [1.165, 1.54) is 11.3 Å². The molecule has 156 valence electrons. The van der Waals surface area contributed by atoms with Crippen LogP contribution in [0.25, 0.3) is 0 Å². The summed E-state index contributed by atoms with van der Waals surface area (Å²) in [5.41, 5.74) is 3.34. The number of amides is 1. The van der Waals surface area contributed by atoms with Crippen molar-refractivity contribution in [1.82, 2.24) is 4.83 Å². The van der Waals surface area contributed by atoms with Crippen LogP contribution in [-0.2, 0) is 10.0 Å². The summed E-state index contributed by atoms with van der Waals surface area (Å²) >= 11 is 1.53. The first-order chi connectivity index (χ1) is 14.2. The second-order valence-corrected chi connectivity index (χ2v) is 9.35. The van der Waals surface area contributed by atoms with E-state index in [0.29, 0.717) is 22.5 Å². The fourth-order valence-corrected chi connectivity index (χ4v) is 4.31. The number of rotatable bonds is 6. The van der Waals surface area contributed by atoms with Crippen LogP contribution in [0.5, 0.6) is 0 Å². The number of halogens is 1. The van der Waals surface area contributed by atoms with Gasteiger partial charge in [-0.3, -0.25) is 4.79 Å². The van der Waals surface area contributed by atoms with Gasteiger partial charge in [0.15, 0.2) is 0 Å². The van der Waals surface area contributed by atoms with Gasteiger partial charge < -0.3 is 5.32 Å². The van der Waals surface area contributed by atoms with Crippen molar-refractivity contribution >= 4 is 38.7 Å². The quantitative estimate of drug-likeness (QED) is 0.434. The predicted octanol–water partition coefficient (Wildman–Crippen LogP) is 4.46. The Balaban J connectivity index is 1.68. The lowest BCUT2D eigenvalue weighted by atomic mass is 10.1. The third-order valence-corrected chi connectivity index (χ3v) is 6.79. The van der Waals surface area contributed by atoms with Crippen molar-refractivity contribution in [3.05, 3.63) is 81.3 Å². The van der Waals surface area contributed by atoms with Crippen LogP contribution in [0, 0.1) is 19.7 Å². The van der Waals surface area contributed by atoms with Gasteiger partial charge in [0, 0.05) is 15.9 Å². The van der Waals surface area contributed by atoms with Gasteiger partial charge in [0.25, 0.3) is 15.9 Å². The number of sulfonamides is 1.